The molecule has 0 radical (unpaired) electrons. The number of para-hydroxylation sites is 1. The van der Waals surface area contributed by atoms with Crippen LogP contribution in [0.25, 0.3) is 0 Å². The molecule has 0 N–H and O–H groups in total. The van der Waals surface area contributed by atoms with Gasteiger partial charge in [-0.1, -0.05) is 24.3 Å². The quantitative estimate of drug-likeness (QED) is 0.456. The fraction of sp³-hybridized carbons (Fsp3) is 0.393. The summed E-state index contributed by atoms with van der Waals surface area (Å²) < 4.78 is 10.9. The molecule has 0 atom stereocenters. The Morgan fingerprint density at radius 3 is 2.42 bits per heavy atom. The molecule has 2 aromatic carbocycles. The Morgan fingerprint density at radius 2 is 1.75 bits per heavy atom. The lowest BCUT2D eigenvalue weighted by Crippen LogP contribution is -2.44. The van der Waals surface area contributed by atoms with Crippen LogP contribution >= 0.6 is 0 Å². The van der Waals surface area contributed by atoms with Crippen LogP contribution in [0, 0.1) is 0 Å². The zero-order valence-electron chi connectivity index (χ0n) is 21.6. The monoisotopic (exact) mass is 489 g/mol. The Balaban J connectivity index is 1.45. The number of hydrogen-bond acceptors (Lipinski definition) is 7. The van der Waals surface area contributed by atoms with Crippen LogP contribution in [0.2, 0.25) is 0 Å². The molecule has 0 bridgehead atoms. The third-order valence-corrected chi connectivity index (χ3v) is 6.62. The first-order valence-electron chi connectivity index (χ1n) is 12.4. The molecule has 8 nitrogen and oxygen atoms in total. The molecule has 0 saturated carbocycles. The number of nitrogens with zero attached hydrogens (tertiary/aromatic N) is 5. The lowest BCUT2D eigenvalue weighted by atomic mass is 10.1. The molecule has 1 aromatic heterocycles. The van der Waals surface area contributed by atoms with Crippen LogP contribution in [0.15, 0.2) is 54.9 Å². The lowest BCUT2D eigenvalue weighted by Gasteiger charge is -2.34. The second kappa shape index (κ2) is 11.9. The molecule has 1 aliphatic heterocycles. The van der Waals surface area contributed by atoms with Crippen molar-refractivity contribution < 1.29 is 14.3 Å². The van der Waals surface area contributed by atoms with Gasteiger partial charge in [-0.3, -0.25) is 9.69 Å². The maximum atomic E-state index is 13.3. The molecule has 4 rings (SSSR count). The Labute approximate surface area is 213 Å². The van der Waals surface area contributed by atoms with Crippen molar-refractivity contribution in [1.29, 1.82) is 0 Å². The van der Waals surface area contributed by atoms with E-state index in [1.165, 1.54) is 17.6 Å². The summed E-state index contributed by atoms with van der Waals surface area (Å²) in [5.41, 5.74) is 4.08. The Bertz CT molecular complexity index is 1160. The van der Waals surface area contributed by atoms with Crippen LogP contribution < -0.4 is 19.3 Å². The number of amides is 1. The van der Waals surface area contributed by atoms with Crippen LogP contribution in [-0.4, -0.2) is 74.8 Å². The summed E-state index contributed by atoms with van der Waals surface area (Å²) in [5.74, 6) is 1.72. The van der Waals surface area contributed by atoms with E-state index in [-0.39, 0.29) is 12.3 Å². The number of benzene rings is 2. The molecule has 0 unspecified atom stereocenters. The lowest BCUT2D eigenvalue weighted by molar-refractivity contribution is -0.118. The van der Waals surface area contributed by atoms with Gasteiger partial charge in [0.1, 0.15) is 12.1 Å². The van der Waals surface area contributed by atoms with Gasteiger partial charge in [0.25, 0.3) is 0 Å². The number of hydrogen-bond donors (Lipinski definition) is 0. The van der Waals surface area contributed by atoms with Crippen LogP contribution in [0.4, 0.5) is 11.5 Å². The van der Waals surface area contributed by atoms with Gasteiger partial charge in [0.05, 0.1) is 26.3 Å². The third kappa shape index (κ3) is 5.94. The molecule has 2 heterocycles. The van der Waals surface area contributed by atoms with Crippen molar-refractivity contribution in [2.24, 2.45) is 0 Å². The number of carbonyl (C=O) groups excluding carboxylic acids is 1. The molecule has 1 saturated heterocycles. The average molecular weight is 490 g/mol. The first-order valence-corrected chi connectivity index (χ1v) is 12.4. The molecule has 36 heavy (non-hydrogen) atoms. The van der Waals surface area contributed by atoms with E-state index in [1.54, 1.807) is 19.1 Å². The summed E-state index contributed by atoms with van der Waals surface area (Å²) in [6.07, 6.45) is 2.39. The standard InChI is InChI=1S/C28H35N5O3/c1-5-33(27(34)18-22-7-6-8-25(35-3)28(22)36-4)26-19-23(29-20-30-26)17-21-9-11-24(12-10-21)32-15-13-31(2)14-16-32/h6-12,19-20H,5,13-18H2,1-4H3. The van der Waals surface area contributed by atoms with E-state index < -0.39 is 0 Å². The van der Waals surface area contributed by atoms with E-state index in [9.17, 15) is 4.79 Å². The molecule has 0 spiro atoms. The maximum Gasteiger partial charge on any atom is 0.232 e. The van der Waals surface area contributed by atoms with Crippen molar-refractivity contribution in [3.63, 3.8) is 0 Å². The van der Waals surface area contributed by atoms with E-state index in [0.29, 0.717) is 30.3 Å². The highest BCUT2D eigenvalue weighted by atomic mass is 16.5. The first kappa shape index (κ1) is 25.4. The van der Waals surface area contributed by atoms with Gasteiger partial charge in [-0.15, -0.1) is 0 Å². The van der Waals surface area contributed by atoms with Crippen molar-refractivity contribution in [1.82, 2.24) is 14.9 Å². The molecular weight excluding hydrogens is 454 g/mol. The number of methoxy groups -OCH3 is 2. The van der Waals surface area contributed by atoms with E-state index >= 15 is 0 Å². The van der Waals surface area contributed by atoms with Crippen molar-refractivity contribution >= 4 is 17.4 Å². The number of likely N-dealkylation sites (N-methyl/N-ethyl adjacent to an activating group) is 2. The Hall–Kier alpha value is -3.65. The zero-order valence-corrected chi connectivity index (χ0v) is 21.6. The molecule has 190 valence electrons. The van der Waals surface area contributed by atoms with E-state index in [2.05, 4.69) is 51.1 Å². The van der Waals surface area contributed by atoms with E-state index in [1.807, 2.05) is 31.2 Å². The third-order valence-electron chi connectivity index (χ3n) is 6.62. The molecule has 8 heteroatoms. The second-order valence-corrected chi connectivity index (χ2v) is 8.97. The summed E-state index contributed by atoms with van der Waals surface area (Å²) in [6, 6.07) is 16.2. The minimum absolute atomic E-state index is 0.0646. The highest BCUT2D eigenvalue weighted by molar-refractivity contribution is 5.94. The Kier molecular flexibility index (Phi) is 8.38. The van der Waals surface area contributed by atoms with E-state index in [0.717, 1.165) is 37.4 Å². The largest absolute Gasteiger partial charge is 0.493 e. The smallest absolute Gasteiger partial charge is 0.232 e. The van der Waals surface area contributed by atoms with Crippen LogP contribution in [-0.2, 0) is 17.6 Å². The summed E-state index contributed by atoms with van der Waals surface area (Å²) in [4.78, 5) is 28.6. The number of carbonyl (C=O) groups is 1. The van der Waals surface area contributed by atoms with Gasteiger partial charge in [0.15, 0.2) is 11.5 Å². The maximum absolute atomic E-state index is 13.3. The van der Waals surface area contributed by atoms with Crippen molar-refractivity contribution in [3.05, 3.63) is 71.7 Å². The predicted octanol–water partition coefficient (Wildman–Crippen LogP) is 3.43. The average Bonchev–Trinajstić information content (AvgIpc) is 2.90. The van der Waals surface area contributed by atoms with Crippen LogP contribution in [0.3, 0.4) is 0 Å². The number of anilines is 2. The summed E-state index contributed by atoms with van der Waals surface area (Å²) >= 11 is 0. The zero-order chi connectivity index (χ0) is 25.5. The second-order valence-electron chi connectivity index (χ2n) is 8.97. The van der Waals surface area contributed by atoms with Gasteiger partial charge < -0.3 is 19.3 Å². The molecule has 1 fully saturated rings. The van der Waals surface area contributed by atoms with Gasteiger partial charge in [-0.25, -0.2) is 9.97 Å². The van der Waals surface area contributed by atoms with Gasteiger partial charge in [-0.05, 0) is 37.7 Å². The molecule has 1 amide bonds. The Morgan fingerprint density at radius 1 is 1.00 bits per heavy atom. The molecule has 0 aliphatic carbocycles. The van der Waals surface area contributed by atoms with Crippen LogP contribution in [0.5, 0.6) is 11.5 Å². The van der Waals surface area contributed by atoms with Gasteiger partial charge in [0, 0.05) is 56.5 Å². The molecular formula is C28H35N5O3. The van der Waals surface area contributed by atoms with Gasteiger partial charge in [-0.2, -0.15) is 0 Å². The van der Waals surface area contributed by atoms with Gasteiger partial charge in [0.2, 0.25) is 5.91 Å². The van der Waals surface area contributed by atoms with E-state index in [4.69, 9.17) is 9.47 Å². The number of rotatable bonds is 9. The van der Waals surface area contributed by atoms with Crippen molar-refractivity contribution in [2.45, 2.75) is 19.8 Å². The minimum Gasteiger partial charge on any atom is -0.493 e. The van der Waals surface area contributed by atoms with Crippen molar-refractivity contribution in [3.8, 4) is 11.5 Å². The molecule has 3 aromatic rings. The minimum atomic E-state index is -0.0646. The van der Waals surface area contributed by atoms with Crippen LogP contribution in [0.1, 0.15) is 23.7 Å². The fourth-order valence-electron chi connectivity index (χ4n) is 4.55. The predicted molar refractivity (Wildman–Crippen MR) is 142 cm³/mol. The highest BCUT2D eigenvalue weighted by Crippen LogP contribution is 2.31. The summed E-state index contributed by atoms with van der Waals surface area (Å²) in [6.45, 7) is 6.72. The fourth-order valence-corrected chi connectivity index (χ4v) is 4.55. The summed E-state index contributed by atoms with van der Waals surface area (Å²) in [7, 11) is 5.33. The number of aromatic nitrogens is 2. The van der Waals surface area contributed by atoms with Gasteiger partial charge >= 0.3 is 0 Å². The first-order chi connectivity index (χ1) is 17.5. The molecule has 1 aliphatic rings. The topological polar surface area (TPSA) is 71.0 Å². The van der Waals surface area contributed by atoms with Crippen molar-refractivity contribution in [2.75, 3.05) is 63.8 Å². The number of ether oxygens (including phenoxy) is 2. The normalized spacial score (nSPS) is 13.9. The number of piperazine rings is 1. The highest BCUT2D eigenvalue weighted by Gasteiger charge is 2.20. The summed E-state index contributed by atoms with van der Waals surface area (Å²) in [5, 5.41) is 0. The SMILES string of the molecule is CCN(C(=O)Cc1cccc(OC)c1OC)c1cc(Cc2ccc(N3CCN(C)CC3)cc2)ncn1.